The van der Waals surface area contributed by atoms with Crippen LogP contribution >= 0.6 is 0 Å². The van der Waals surface area contributed by atoms with E-state index in [0.29, 0.717) is 0 Å². The summed E-state index contributed by atoms with van der Waals surface area (Å²) in [7, 11) is 0. The van der Waals surface area contributed by atoms with Crippen LogP contribution in [0, 0.1) is 0 Å². The zero-order valence-electron chi connectivity index (χ0n) is 24.1. The molecule has 202 valence electrons. The number of para-hydroxylation sites is 1. The van der Waals surface area contributed by atoms with Gasteiger partial charge in [0.05, 0.1) is 11.2 Å². The molecule has 0 spiro atoms. The van der Waals surface area contributed by atoms with Gasteiger partial charge in [-0.2, -0.15) is 0 Å². The number of rotatable bonds is 2. The fraction of sp³-hybridized carbons (Fsp3) is 0.0732. The van der Waals surface area contributed by atoms with Crippen LogP contribution in [0.15, 0.2) is 133 Å². The highest BCUT2D eigenvalue weighted by Gasteiger charge is 2.35. The molecule has 1 aliphatic rings. The van der Waals surface area contributed by atoms with Crippen molar-refractivity contribution >= 4 is 43.2 Å². The molecule has 0 saturated carbocycles. The number of fused-ring (bicyclic) bond motifs is 9. The fourth-order valence-corrected chi connectivity index (χ4v) is 7.25. The van der Waals surface area contributed by atoms with Gasteiger partial charge in [0.25, 0.3) is 0 Å². The molecule has 0 atom stereocenters. The molecule has 0 aliphatic heterocycles. The van der Waals surface area contributed by atoms with Gasteiger partial charge in [0, 0.05) is 21.9 Å². The van der Waals surface area contributed by atoms with E-state index in [0.717, 1.165) is 33.5 Å². The van der Waals surface area contributed by atoms with E-state index in [1.54, 1.807) is 0 Å². The molecule has 1 aromatic heterocycles. The fourth-order valence-electron chi connectivity index (χ4n) is 7.25. The van der Waals surface area contributed by atoms with Crippen molar-refractivity contribution in [2.45, 2.75) is 19.3 Å². The van der Waals surface area contributed by atoms with Gasteiger partial charge < -0.3 is 0 Å². The molecule has 0 saturated heterocycles. The standard InChI is InChI=1S/C41H28N2/c1-41(2)35-14-8-6-12-31(35)34-24-33-28(23-36(34)41)19-17-25-16-18-27-22-29(20-21-30(27)38(25)33)40-42-37-15-9-7-13-32(37)39(43-40)26-10-4-3-5-11-26/h3-24H,1-2H3. The van der Waals surface area contributed by atoms with E-state index >= 15 is 0 Å². The lowest BCUT2D eigenvalue weighted by atomic mass is 9.81. The molecule has 43 heavy (non-hydrogen) atoms. The highest BCUT2D eigenvalue weighted by Crippen LogP contribution is 2.50. The minimum atomic E-state index is -0.0127. The molecule has 9 rings (SSSR count). The van der Waals surface area contributed by atoms with Crippen molar-refractivity contribution in [1.29, 1.82) is 0 Å². The smallest absolute Gasteiger partial charge is 0.160 e. The average Bonchev–Trinajstić information content (AvgIpc) is 3.28. The summed E-state index contributed by atoms with van der Waals surface area (Å²) < 4.78 is 0. The van der Waals surface area contributed by atoms with E-state index in [2.05, 4.69) is 135 Å². The Kier molecular flexibility index (Phi) is 4.99. The number of nitrogens with zero attached hydrogens (tertiary/aromatic N) is 2. The van der Waals surface area contributed by atoms with Crippen LogP contribution in [-0.2, 0) is 5.41 Å². The van der Waals surface area contributed by atoms with Crippen molar-refractivity contribution in [3.05, 3.63) is 145 Å². The van der Waals surface area contributed by atoms with E-state index in [4.69, 9.17) is 9.97 Å². The SMILES string of the molecule is CC1(C)c2ccccc2-c2cc3c(ccc4ccc5cc(-c6nc(-c7ccccc7)c7ccccc7n6)ccc5c43)cc21. The predicted molar refractivity (Wildman–Crippen MR) is 180 cm³/mol. The Hall–Kier alpha value is -5.34. The number of aromatic nitrogens is 2. The monoisotopic (exact) mass is 548 g/mol. The molecule has 1 heterocycles. The summed E-state index contributed by atoms with van der Waals surface area (Å²) in [6, 6.07) is 48.2. The molecule has 0 amide bonds. The van der Waals surface area contributed by atoms with Crippen LogP contribution in [0.4, 0.5) is 0 Å². The highest BCUT2D eigenvalue weighted by molar-refractivity contribution is 6.21. The molecular weight excluding hydrogens is 520 g/mol. The molecule has 2 heteroatoms. The zero-order chi connectivity index (χ0) is 28.7. The molecule has 1 aliphatic carbocycles. The largest absolute Gasteiger partial charge is 0.228 e. The third-order valence-electron chi connectivity index (χ3n) is 9.43. The normalized spacial score (nSPS) is 13.5. The van der Waals surface area contributed by atoms with Crippen LogP contribution in [-0.4, -0.2) is 9.97 Å². The van der Waals surface area contributed by atoms with Crippen LogP contribution in [0.25, 0.3) is 77.0 Å². The van der Waals surface area contributed by atoms with E-state index in [-0.39, 0.29) is 5.41 Å². The van der Waals surface area contributed by atoms with Gasteiger partial charge in [-0.1, -0.05) is 123 Å². The Morgan fingerprint density at radius 3 is 2.05 bits per heavy atom. The van der Waals surface area contributed by atoms with Gasteiger partial charge in [0.2, 0.25) is 0 Å². The van der Waals surface area contributed by atoms with Crippen LogP contribution in [0.1, 0.15) is 25.0 Å². The van der Waals surface area contributed by atoms with Crippen LogP contribution in [0.3, 0.4) is 0 Å². The molecule has 8 aromatic rings. The van der Waals surface area contributed by atoms with Gasteiger partial charge in [-0.25, -0.2) is 9.97 Å². The first-order valence-corrected chi connectivity index (χ1v) is 14.9. The lowest BCUT2D eigenvalue weighted by Crippen LogP contribution is -2.14. The molecule has 0 fully saturated rings. The van der Waals surface area contributed by atoms with Gasteiger partial charge in [0.1, 0.15) is 0 Å². The maximum absolute atomic E-state index is 5.12. The van der Waals surface area contributed by atoms with Crippen LogP contribution in [0.5, 0.6) is 0 Å². The number of benzene rings is 7. The average molecular weight is 549 g/mol. The van der Waals surface area contributed by atoms with Crippen molar-refractivity contribution in [3.63, 3.8) is 0 Å². The molecule has 2 nitrogen and oxygen atoms in total. The Morgan fingerprint density at radius 1 is 0.465 bits per heavy atom. The van der Waals surface area contributed by atoms with Crippen molar-refractivity contribution in [1.82, 2.24) is 9.97 Å². The van der Waals surface area contributed by atoms with Gasteiger partial charge in [-0.15, -0.1) is 0 Å². The van der Waals surface area contributed by atoms with Crippen LogP contribution in [0.2, 0.25) is 0 Å². The molecule has 0 unspecified atom stereocenters. The number of hydrogen-bond donors (Lipinski definition) is 0. The van der Waals surface area contributed by atoms with E-state index in [1.807, 2.05) is 12.1 Å². The van der Waals surface area contributed by atoms with Crippen molar-refractivity contribution in [2.75, 3.05) is 0 Å². The summed E-state index contributed by atoms with van der Waals surface area (Å²) in [5, 5.41) is 8.65. The van der Waals surface area contributed by atoms with E-state index in [9.17, 15) is 0 Å². The summed E-state index contributed by atoms with van der Waals surface area (Å²) in [6.07, 6.45) is 0. The summed E-state index contributed by atoms with van der Waals surface area (Å²) in [5.74, 6) is 0.745. The van der Waals surface area contributed by atoms with E-state index in [1.165, 1.54) is 54.6 Å². The summed E-state index contributed by atoms with van der Waals surface area (Å²) in [4.78, 5) is 10.1. The van der Waals surface area contributed by atoms with Gasteiger partial charge in [-0.3, -0.25) is 0 Å². The Morgan fingerprint density at radius 2 is 1.19 bits per heavy atom. The maximum atomic E-state index is 5.12. The quantitative estimate of drug-likeness (QED) is 0.201. The number of hydrogen-bond acceptors (Lipinski definition) is 2. The zero-order valence-corrected chi connectivity index (χ0v) is 24.1. The first-order valence-electron chi connectivity index (χ1n) is 14.9. The predicted octanol–water partition coefficient (Wildman–Crippen LogP) is 10.7. The Labute approximate surface area is 250 Å². The molecule has 7 aromatic carbocycles. The first-order chi connectivity index (χ1) is 21.1. The van der Waals surface area contributed by atoms with Gasteiger partial charge in [0.15, 0.2) is 5.82 Å². The molecular formula is C41H28N2. The third-order valence-corrected chi connectivity index (χ3v) is 9.43. The Bertz CT molecular complexity index is 2420. The van der Waals surface area contributed by atoms with Crippen molar-refractivity contribution < 1.29 is 0 Å². The molecule has 0 bridgehead atoms. The second-order valence-electron chi connectivity index (χ2n) is 12.2. The van der Waals surface area contributed by atoms with Crippen molar-refractivity contribution in [3.8, 4) is 33.8 Å². The summed E-state index contributed by atoms with van der Waals surface area (Å²) in [6.45, 7) is 4.69. The second-order valence-corrected chi connectivity index (χ2v) is 12.2. The van der Waals surface area contributed by atoms with E-state index < -0.39 is 0 Å². The van der Waals surface area contributed by atoms with Crippen molar-refractivity contribution in [2.24, 2.45) is 0 Å². The maximum Gasteiger partial charge on any atom is 0.160 e. The summed E-state index contributed by atoms with van der Waals surface area (Å²) >= 11 is 0. The summed E-state index contributed by atoms with van der Waals surface area (Å²) in [5.41, 5.74) is 9.54. The van der Waals surface area contributed by atoms with Gasteiger partial charge in [-0.05, 0) is 78.8 Å². The lowest BCUT2D eigenvalue weighted by Gasteiger charge is -2.22. The molecule has 0 N–H and O–H groups in total. The lowest BCUT2D eigenvalue weighted by molar-refractivity contribution is 0.661. The minimum Gasteiger partial charge on any atom is -0.228 e. The molecule has 0 radical (unpaired) electrons. The van der Waals surface area contributed by atoms with Gasteiger partial charge >= 0.3 is 0 Å². The minimum absolute atomic E-state index is 0.0127. The first kappa shape index (κ1) is 24.3. The highest BCUT2D eigenvalue weighted by atomic mass is 14.9. The van der Waals surface area contributed by atoms with Crippen LogP contribution < -0.4 is 0 Å². The second kappa shape index (κ2) is 8.83. The third kappa shape index (κ3) is 3.53. The Balaban J connectivity index is 1.27. The topological polar surface area (TPSA) is 25.8 Å².